The molecule has 3 fully saturated rings. The molecule has 16 heavy (non-hydrogen) atoms. The summed E-state index contributed by atoms with van der Waals surface area (Å²) in [5.74, 6) is 0. The van der Waals surface area contributed by atoms with Crippen LogP contribution in [-0.4, -0.2) is 72.4 Å². The Balaban J connectivity index is 1.49. The minimum Gasteiger partial charge on any atom is -0.392 e. The summed E-state index contributed by atoms with van der Waals surface area (Å²) >= 11 is 0. The normalized spacial score (nSPS) is 41.4. The Labute approximate surface area is 97.6 Å². The topological polar surface area (TPSA) is 38.7 Å². The van der Waals surface area contributed by atoms with Crippen LogP contribution >= 0.6 is 0 Å². The fourth-order valence-corrected chi connectivity index (χ4v) is 3.47. The zero-order valence-electron chi connectivity index (χ0n) is 9.94. The fraction of sp³-hybridized carbons (Fsp3) is 1.00. The summed E-state index contributed by atoms with van der Waals surface area (Å²) in [5.41, 5.74) is 0. The van der Waals surface area contributed by atoms with E-state index in [4.69, 9.17) is 0 Å². The average Bonchev–Trinajstić information content (AvgIpc) is 2.87. The second kappa shape index (κ2) is 4.61. The number of nitrogens with one attached hydrogen (secondary N) is 1. The van der Waals surface area contributed by atoms with Crippen molar-refractivity contribution in [2.75, 3.05) is 39.3 Å². The van der Waals surface area contributed by atoms with Crippen LogP contribution in [0.2, 0.25) is 0 Å². The maximum absolute atomic E-state index is 9.49. The summed E-state index contributed by atoms with van der Waals surface area (Å²) in [7, 11) is 0. The van der Waals surface area contributed by atoms with Gasteiger partial charge in [-0.2, -0.15) is 0 Å². The van der Waals surface area contributed by atoms with Crippen molar-refractivity contribution in [3.05, 3.63) is 0 Å². The van der Waals surface area contributed by atoms with Gasteiger partial charge in [0, 0.05) is 44.8 Å². The van der Waals surface area contributed by atoms with E-state index in [1.807, 2.05) is 0 Å². The Bertz CT molecular complexity index is 248. The minimum atomic E-state index is -0.113. The number of fused-ring (bicyclic) bond motifs is 1. The largest absolute Gasteiger partial charge is 0.392 e. The molecule has 0 radical (unpaired) electrons. The highest BCUT2D eigenvalue weighted by atomic mass is 16.3. The lowest BCUT2D eigenvalue weighted by atomic mass is 10.1. The van der Waals surface area contributed by atoms with Crippen molar-refractivity contribution in [1.29, 1.82) is 0 Å². The smallest absolute Gasteiger partial charge is 0.0680 e. The third-order valence-electron chi connectivity index (χ3n) is 4.35. The van der Waals surface area contributed by atoms with Gasteiger partial charge in [-0.05, 0) is 25.8 Å². The maximum Gasteiger partial charge on any atom is 0.0680 e. The Morgan fingerprint density at radius 2 is 2.19 bits per heavy atom. The second-order valence-electron chi connectivity index (χ2n) is 5.59. The van der Waals surface area contributed by atoms with Gasteiger partial charge in [-0.1, -0.05) is 0 Å². The predicted molar refractivity (Wildman–Crippen MR) is 63.4 cm³/mol. The molecule has 3 aliphatic heterocycles. The number of β-amino-alcohol motifs (C(OH)–C–C–N with tert-alkyl or cyclic N) is 1. The van der Waals surface area contributed by atoms with E-state index in [2.05, 4.69) is 15.1 Å². The molecule has 0 aromatic heterocycles. The van der Waals surface area contributed by atoms with Gasteiger partial charge in [-0.15, -0.1) is 0 Å². The van der Waals surface area contributed by atoms with Crippen molar-refractivity contribution >= 4 is 0 Å². The molecule has 4 heteroatoms. The Morgan fingerprint density at radius 3 is 3.00 bits per heavy atom. The fourth-order valence-electron chi connectivity index (χ4n) is 3.47. The number of piperazine rings is 1. The van der Waals surface area contributed by atoms with Crippen LogP contribution in [0.25, 0.3) is 0 Å². The Kier molecular flexibility index (Phi) is 3.16. The molecule has 4 nitrogen and oxygen atoms in total. The molecule has 3 heterocycles. The van der Waals surface area contributed by atoms with Crippen LogP contribution in [-0.2, 0) is 0 Å². The van der Waals surface area contributed by atoms with Gasteiger partial charge in [0.2, 0.25) is 0 Å². The zero-order valence-corrected chi connectivity index (χ0v) is 9.94. The van der Waals surface area contributed by atoms with Gasteiger partial charge in [0.1, 0.15) is 0 Å². The third kappa shape index (κ3) is 2.25. The van der Waals surface area contributed by atoms with Gasteiger partial charge in [-0.3, -0.25) is 9.80 Å². The zero-order chi connectivity index (χ0) is 11.0. The second-order valence-corrected chi connectivity index (χ2v) is 5.59. The molecule has 3 atom stereocenters. The molecule has 0 saturated carbocycles. The standard InChI is InChI=1S/C12H23N3O/c16-12-6-10(13-7-12)8-14-4-5-15-3-1-2-11(15)9-14/h10-13,16H,1-9H2. The molecule has 0 spiro atoms. The molecule has 0 aliphatic carbocycles. The number of hydrogen-bond donors (Lipinski definition) is 2. The van der Waals surface area contributed by atoms with Gasteiger partial charge in [0.25, 0.3) is 0 Å². The quantitative estimate of drug-likeness (QED) is 0.664. The summed E-state index contributed by atoms with van der Waals surface area (Å²) in [5, 5.41) is 12.9. The summed E-state index contributed by atoms with van der Waals surface area (Å²) in [4.78, 5) is 5.23. The number of rotatable bonds is 2. The molecular weight excluding hydrogens is 202 g/mol. The number of aliphatic hydroxyl groups is 1. The molecular formula is C12H23N3O. The lowest BCUT2D eigenvalue weighted by Crippen LogP contribution is -2.52. The lowest BCUT2D eigenvalue weighted by Gasteiger charge is -2.38. The molecule has 0 bridgehead atoms. The van der Waals surface area contributed by atoms with E-state index in [1.165, 1.54) is 39.0 Å². The number of aliphatic hydroxyl groups excluding tert-OH is 1. The molecule has 0 aromatic rings. The van der Waals surface area contributed by atoms with Crippen LogP contribution < -0.4 is 5.32 Å². The van der Waals surface area contributed by atoms with Crippen LogP contribution in [0, 0.1) is 0 Å². The summed E-state index contributed by atoms with van der Waals surface area (Å²) in [6.07, 6.45) is 3.60. The van der Waals surface area contributed by atoms with Crippen molar-refractivity contribution in [3.8, 4) is 0 Å². The van der Waals surface area contributed by atoms with Crippen molar-refractivity contribution in [1.82, 2.24) is 15.1 Å². The molecule has 92 valence electrons. The SMILES string of the molecule is OC1CNC(CN2CCN3CCCC3C2)C1. The van der Waals surface area contributed by atoms with E-state index in [0.717, 1.165) is 25.6 Å². The van der Waals surface area contributed by atoms with Gasteiger partial charge >= 0.3 is 0 Å². The first-order valence-corrected chi connectivity index (χ1v) is 6.69. The van der Waals surface area contributed by atoms with Crippen LogP contribution in [0.1, 0.15) is 19.3 Å². The first kappa shape index (κ1) is 11.0. The van der Waals surface area contributed by atoms with Crippen molar-refractivity contribution in [2.45, 2.75) is 37.5 Å². The van der Waals surface area contributed by atoms with Crippen molar-refractivity contribution in [2.24, 2.45) is 0 Å². The van der Waals surface area contributed by atoms with Crippen LogP contribution in [0.4, 0.5) is 0 Å². The number of nitrogens with zero attached hydrogens (tertiary/aromatic N) is 2. The minimum absolute atomic E-state index is 0.113. The first-order chi connectivity index (χ1) is 7.81. The molecule has 3 unspecified atom stereocenters. The summed E-state index contributed by atoms with van der Waals surface area (Å²) in [6.45, 7) is 6.94. The average molecular weight is 225 g/mol. The lowest BCUT2D eigenvalue weighted by molar-refractivity contribution is 0.0965. The van der Waals surface area contributed by atoms with Crippen LogP contribution in [0.15, 0.2) is 0 Å². The summed E-state index contributed by atoms with van der Waals surface area (Å²) in [6, 6.07) is 1.34. The van der Waals surface area contributed by atoms with E-state index < -0.39 is 0 Å². The van der Waals surface area contributed by atoms with E-state index >= 15 is 0 Å². The van der Waals surface area contributed by atoms with Crippen molar-refractivity contribution < 1.29 is 5.11 Å². The summed E-state index contributed by atoms with van der Waals surface area (Å²) < 4.78 is 0. The first-order valence-electron chi connectivity index (χ1n) is 6.69. The maximum atomic E-state index is 9.49. The van der Waals surface area contributed by atoms with Crippen LogP contribution in [0.5, 0.6) is 0 Å². The number of hydrogen-bond acceptors (Lipinski definition) is 4. The van der Waals surface area contributed by atoms with Gasteiger partial charge < -0.3 is 10.4 Å². The molecule has 0 amide bonds. The van der Waals surface area contributed by atoms with Gasteiger partial charge in [-0.25, -0.2) is 0 Å². The molecule has 2 N–H and O–H groups in total. The Hall–Kier alpha value is -0.160. The third-order valence-corrected chi connectivity index (χ3v) is 4.35. The molecule has 3 saturated heterocycles. The van der Waals surface area contributed by atoms with E-state index in [0.29, 0.717) is 6.04 Å². The Morgan fingerprint density at radius 1 is 1.25 bits per heavy atom. The van der Waals surface area contributed by atoms with E-state index in [9.17, 15) is 5.11 Å². The van der Waals surface area contributed by atoms with Crippen LogP contribution in [0.3, 0.4) is 0 Å². The predicted octanol–water partition coefficient (Wildman–Crippen LogP) is -0.511. The van der Waals surface area contributed by atoms with Gasteiger partial charge in [0.15, 0.2) is 0 Å². The monoisotopic (exact) mass is 225 g/mol. The molecule has 0 aromatic carbocycles. The molecule has 3 rings (SSSR count). The van der Waals surface area contributed by atoms with Gasteiger partial charge in [0.05, 0.1) is 6.10 Å². The van der Waals surface area contributed by atoms with E-state index in [1.54, 1.807) is 0 Å². The highest BCUT2D eigenvalue weighted by molar-refractivity contribution is 4.90. The highest BCUT2D eigenvalue weighted by Crippen LogP contribution is 2.22. The highest BCUT2D eigenvalue weighted by Gasteiger charge is 2.32. The van der Waals surface area contributed by atoms with Crippen molar-refractivity contribution in [3.63, 3.8) is 0 Å². The van der Waals surface area contributed by atoms with E-state index in [-0.39, 0.29) is 6.10 Å². The molecule has 3 aliphatic rings.